The monoisotopic (exact) mass is 348 g/mol. The molecule has 0 aromatic heterocycles. The number of ether oxygens (including phenoxy) is 1. The summed E-state index contributed by atoms with van der Waals surface area (Å²) in [7, 11) is 1.01. The van der Waals surface area contributed by atoms with E-state index in [1.807, 2.05) is 45.9 Å². The molecular weight excluding hydrogens is 328 g/mol. The Hall–Kier alpha value is -1.11. The first-order valence-corrected chi connectivity index (χ1v) is 9.08. The number of hydrogen-bond acceptors (Lipinski definition) is 5. The molecule has 22 heavy (non-hydrogen) atoms. The highest BCUT2D eigenvalue weighted by atomic mass is 35.7. The van der Waals surface area contributed by atoms with E-state index in [1.54, 1.807) is 0 Å². The zero-order valence-corrected chi connectivity index (χ0v) is 14.8. The van der Waals surface area contributed by atoms with Crippen LogP contribution >= 0.6 is 10.7 Å². The Kier molecular flexibility index (Phi) is 6.40. The summed E-state index contributed by atoms with van der Waals surface area (Å²) < 4.78 is 31.4. The van der Waals surface area contributed by atoms with Crippen molar-refractivity contribution in [2.24, 2.45) is 5.41 Å². The normalized spacial score (nSPS) is 12.2. The van der Waals surface area contributed by atoms with Gasteiger partial charge in [0.05, 0.1) is 18.8 Å². The second kappa shape index (κ2) is 7.44. The number of benzene rings is 1. The van der Waals surface area contributed by atoms with Gasteiger partial charge in [-0.2, -0.15) is 8.42 Å². The first-order valence-electron chi connectivity index (χ1n) is 6.84. The highest BCUT2D eigenvalue weighted by molar-refractivity contribution is 8.09. The molecule has 0 fully saturated rings. The van der Waals surface area contributed by atoms with Crippen molar-refractivity contribution in [3.05, 3.63) is 34.9 Å². The lowest BCUT2D eigenvalue weighted by atomic mass is 9.91. The van der Waals surface area contributed by atoms with Crippen LogP contribution in [0.3, 0.4) is 0 Å². The van der Waals surface area contributed by atoms with Crippen LogP contribution < -0.4 is 0 Å². The summed E-state index contributed by atoms with van der Waals surface area (Å²) in [5.74, 6) is -0.378. The van der Waals surface area contributed by atoms with Crippen molar-refractivity contribution in [1.82, 2.24) is 0 Å². The van der Waals surface area contributed by atoms with Gasteiger partial charge in [-0.1, -0.05) is 32.0 Å². The summed E-state index contributed by atoms with van der Waals surface area (Å²) in [4.78, 5) is 12.1. The van der Waals surface area contributed by atoms with Gasteiger partial charge in [-0.3, -0.25) is 4.18 Å². The molecule has 0 radical (unpaired) electrons. The van der Waals surface area contributed by atoms with Crippen LogP contribution in [0.5, 0.6) is 0 Å². The molecule has 0 aliphatic carbocycles. The summed E-state index contributed by atoms with van der Waals surface area (Å²) in [6.07, 6.45) is 0.454. The molecule has 0 amide bonds. The molecule has 0 bridgehead atoms. The van der Waals surface area contributed by atoms with E-state index in [4.69, 9.17) is 15.4 Å². The van der Waals surface area contributed by atoms with Crippen LogP contribution in [0, 0.1) is 19.3 Å². The van der Waals surface area contributed by atoms with Crippen molar-refractivity contribution in [3.8, 4) is 0 Å². The maximum atomic E-state index is 12.1. The third kappa shape index (κ3) is 6.34. The summed E-state index contributed by atoms with van der Waals surface area (Å²) in [6.45, 7) is 7.42. The zero-order valence-electron chi connectivity index (χ0n) is 13.2. The maximum absolute atomic E-state index is 12.1. The van der Waals surface area contributed by atoms with Gasteiger partial charge >= 0.3 is 15.3 Å². The molecule has 0 saturated carbocycles. The maximum Gasteiger partial charge on any atom is 0.355 e. The summed E-state index contributed by atoms with van der Waals surface area (Å²) in [6, 6.07) is 5.59. The van der Waals surface area contributed by atoms with Gasteiger partial charge in [-0.15, -0.1) is 0 Å². The zero-order chi connectivity index (χ0) is 17.0. The molecule has 0 unspecified atom stereocenters. The lowest BCUT2D eigenvalue weighted by Crippen LogP contribution is -2.23. The summed E-state index contributed by atoms with van der Waals surface area (Å²) in [5, 5.41) is 0. The minimum Gasteiger partial charge on any atom is -0.462 e. The largest absolute Gasteiger partial charge is 0.462 e. The number of rotatable bonds is 7. The Bertz CT molecular complexity index is 617. The van der Waals surface area contributed by atoms with Crippen LogP contribution in [-0.4, -0.2) is 27.6 Å². The molecule has 1 rings (SSSR count). The molecule has 0 atom stereocenters. The Labute approximate surface area is 136 Å². The van der Waals surface area contributed by atoms with E-state index in [2.05, 4.69) is 4.18 Å². The fraction of sp³-hybridized carbons (Fsp3) is 0.533. The lowest BCUT2D eigenvalue weighted by molar-refractivity contribution is 0.0427. The van der Waals surface area contributed by atoms with Crippen LogP contribution in [0.4, 0.5) is 0 Å². The summed E-state index contributed by atoms with van der Waals surface area (Å²) >= 11 is 0. The molecule has 1 aromatic rings. The summed E-state index contributed by atoms with van der Waals surface area (Å²) in [5.41, 5.74) is 1.81. The van der Waals surface area contributed by atoms with Crippen LogP contribution in [0.25, 0.3) is 0 Å². The van der Waals surface area contributed by atoms with Gasteiger partial charge in [0.2, 0.25) is 0 Å². The third-order valence-corrected chi connectivity index (χ3v) is 3.95. The van der Waals surface area contributed by atoms with Crippen molar-refractivity contribution in [2.75, 3.05) is 13.2 Å². The molecule has 124 valence electrons. The topological polar surface area (TPSA) is 69.7 Å². The quantitative estimate of drug-likeness (QED) is 0.558. The van der Waals surface area contributed by atoms with Gasteiger partial charge in [-0.25, -0.2) is 4.79 Å². The molecule has 1 aromatic carbocycles. The molecule has 5 nitrogen and oxygen atoms in total. The van der Waals surface area contributed by atoms with Crippen LogP contribution in [0.2, 0.25) is 0 Å². The van der Waals surface area contributed by atoms with Gasteiger partial charge in [0.25, 0.3) is 0 Å². The smallest absolute Gasteiger partial charge is 0.355 e. The number of aryl methyl sites for hydroxylation is 2. The van der Waals surface area contributed by atoms with Crippen molar-refractivity contribution in [3.63, 3.8) is 0 Å². The molecular formula is C15H21ClO5S. The van der Waals surface area contributed by atoms with Gasteiger partial charge in [-0.05, 0) is 36.8 Å². The van der Waals surface area contributed by atoms with E-state index in [-0.39, 0.29) is 19.2 Å². The third-order valence-electron chi connectivity index (χ3n) is 3.29. The molecule has 0 heterocycles. The lowest BCUT2D eigenvalue weighted by Gasteiger charge is -2.23. The van der Waals surface area contributed by atoms with Crippen molar-refractivity contribution >= 4 is 26.0 Å². The number of carbonyl (C=O) groups excluding carboxylic acids is 1. The number of halogens is 1. The van der Waals surface area contributed by atoms with E-state index in [0.717, 1.165) is 11.1 Å². The minimum atomic E-state index is -3.99. The highest BCUT2D eigenvalue weighted by Crippen LogP contribution is 2.23. The van der Waals surface area contributed by atoms with Crippen molar-refractivity contribution in [1.29, 1.82) is 0 Å². The van der Waals surface area contributed by atoms with Gasteiger partial charge in [0, 0.05) is 10.7 Å². The first kappa shape index (κ1) is 18.9. The Balaban J connectivity index is 2.55. The number of hydrogen-bond donors (Lipinski definition) is 0. The number of carbonyl (C=O) groups is 1. The van der Waals surface area contributed by atoms with Crippen LogP contribution in [0.1, 0.15) is 41.8 Å². The Morgan fingerprint density at radius 2 is 1.77 bits per heavy atom. The van der Waals surface area contributed by atoms with Crippen molar-refractivity contribution < 1.29 is 22.1 Å². The molecule has 0 saturated heterocycles. The van der Waals surface area contributed by atoms with Crippen LogP contribution in [0.15, 0.2) is 18.2 Å². The van der Waals surface area contributed by atoms with E-state index >= 15 is 0 Å². The van der Waals surface area contributed by atoms with Gasteiger partial charge in [0.1, 0.15) is 0 Å². The molecule has 0 N–H and O–H groups in total. The van der Waals surface area contributed by atoms with Crippen molar-refractivity contribution in [2.45, 2.75) is 34.1 Å². The molecule has 7 heteroatoms. The molecule has 0 aliphatic rings. The molecule has 0 aliphatic heterocycles. The second-order valence-electron chi connectivity index (χ2n) is 5.97. The van der Waals surface area contributed by atoms with E-state index in [9.17, 15) is 13.2 Å². The standard InChI is InChI=1S/C15H21ClO5S/c1-11-6-5-7-12(2)13(11)14(17)20-9-8-15(3,4)10-21-22(16,18)19/h5-7H,8-10H2,1-4H3. The minimum absolute atomic E-state index is 0.0697. The van der Waals surface area contributed by atoms with E-state index in [1.165, 1.54) is 0 Å². The predicted molar refractivity (Wildman–Crippen MR) is 85.3 cm³/mol. The first-order chi connectivity index (χ1) is 10.0. The fourth-order valence-corrected chi connectivity index (χ4v) is 2.52. The van der Waals surface area contributed by atoms with E-state index in [0.29, 0.717) is 12.0 Å². The van der Waals surface area contributed by atoms with Gasteiger partial charge in [0.15, 0.2) is 0 Å². The highest BCUT2D eigenvalue weighted by Gasteiger charge is 2.22. The van der Waals surface area contributed by atoms with E-state index < -0.39 is 14.7 Å². The van der Waals surface area contributed by atoms with Crippen LogP contribution in [-0.2, 0) is 18.3 Å². The number of esters is 1. The SMILES string of the molecule is Cc1cccc(C)c1C(=O)OCCC(C)(C)COS(=O)(=O)Cl. The average Bonchev–Trinajstić information content (AvgIpc) is 2.35. The Morgan fingerprint density at radius 3 is 2.27 bits per heavy atom. The Morgan fingerprint density at radius 1 is 1.23 bits per heavy atom. The second-order valence-corrected chi connectivity index (χ2v) is 8.13. The predicted octanol–water partition coefficient (Wildman–Crippen LogP) is 3.38. The fourth-order valence-electron chi connectivity index (χ4n) is 1.93. The average molecular weight is 349 g/mol. The van der Waals surface area contributed by atoms with Gasteiger partial charge < -0.3 is 4.74 Å². The molecule has 0 spiro atoms.